The molecule has 4 rings (SSSR count). The maximum absolute atomic E-state index is 12.3. The van der Waals surface area contributed by atoms with Gasteiger partial charge < -0.3 is 25.1 Å². The third-order valence-electron chi connectivity index (χ3n) is 6.63. The average molecular weight is 439 g/mol. The lowest BCUT2D eigenvalue weighted by Gasteiger charge is -2.31. The van der Waals surface area contributed by atoms with Crippen LogP contribution in [0.2, 0.25) is 0 Å². The van der Waals surface area contributed by atoms with Crippen molar-refractivity contribution in [2.24, 2.45) is 7.05 Å². The maximum atomic E-state index is 12.3. The Morgan fingerprint density at radius 3 is 2.62 bits per heavy atom. The summed E-state index contributed by atoms with van der Waals surface area (Å²) in [5.74, 6) is -1.90. The van der Waals surface area contributed by atoms with Crippen LogP contribution in [0.1, 0.15) is 41.4 Å². The second kappa shape index (κ2) is 8.80. The van der Waals surface area contributed by atoms with Gasteiger partial charge in [-0.25, -0.2) is 4.79 Å². The van der Waals surface area contributed by atoms with Crippen molar-refractivity contribution in [2.75, 3.05) is 20.1 Å². The van der Waals surface area contributed by atoms with Gasteiger partial charge in [0.15, 0.2) is 5.56 Å². The van der Waals surface area contributed by atoms with Gasteiger partial charge in [-0.1, -0.05) is 13.0 Å². The standard InChI is InChI=1S/C24H30N4O4/c1-4-18-21(26-23(30)20(22(18)29)24(31)32)14-5-6-19-15(11-14)12-17(28(19)3)13-27(2)16-7-9-25-10-8-16/h5-6,11-12,16,25H,4,7-10,13H2,1-3H3,(H,31,32)(H2,26,29,30). The van der Waals surface area contributed by atoms with Crippen molar-refractivity contribution < 1.29 is 15.0 Å². The highest BCUT2D eigenvalue weighted by molar-refractivity contribution is 5.92. The summed E-state index contributed by atoms with van der Waals surface area (Å²) in [6.45, 7) is 4.77. The number of aromatic hydroxyl groups is 1. The van der Waals surface area contributed by atoms with Gasteiger partial charge >= 0.3 is 5.97 Å². The van der Waals surface area contributed by atoms with E-state index in [0.717, 1.165) is 48.9 Å². The molecular weight excluding hydrogens is 408 g/mol. The highest BCUT2D eigenvalue weighted by atomic mass is 16.4. The van der Waals surface area contributed by atoms with Crippen LogP contribution in [0.15, 0.2) is 29.1 Å². The van der Waals surface area contributed by atoms with Crippen molar-refractivity contribution in [1.29, 1.82) is 0 Å². The van der Waals surface area contributed by atoms with Crippen LogP contribution in [0, 0.1) is 0 Å². The third-order valence-corrected chi connectivity index (χ3v) is 6.63. The summed E-state index contributed by atoms with van der Waals surface area (Å²) >= 11 is 0. The van der Waals surface area contributed by atoms with E-state index in [1.807, 2.05) is 25.1 Å². The van der Waals surface area contributed by atoms with Gasteiger partial charge in [-0.15, -0.1) is 0 Å². The number of nitrogens with zero attached hydrogens (tertiary/aromatic N) is 2. The minimum absolute atomic E-state index is 0.386. The monoisotopic (exact) mass is 438 g/mol. The number of carboxylic acid groups (broad SMARTS) is 1. The van der Waals surface area contributed by atoms with Crippen LogP contribution in [0.3, 0.4) is 0 Å². The number of hydrogen-bond acceptors (Lipinski definition) is 5. The first kappa shape index (κ1) is 22.1. The number of aryl methyl sites for hydroxylation is 1. The number of carbonyl (C=O) groups is 1. The van der Waals surface area contributed by atoms with Crippen LogP contribution in [0.4, 0.5) is 0 Å². The zero-order valence-electron chi connectivity index (χ0n) is 18.7. The van der Waals surface area contributed by atoms with Crippen LogP contribution < -0.4 is 10.9 Å². The molecule has 8 heteroatoms. The van der Waals surface area contributed by atoms with E-state index in [4.69, 9.17) is 0 Å². The fourth-order valence-corrected chi connectivity index (χ4v) is 4.76. The predicted molar refractivity (Wildman–Crippen MR) is 124 cm³/mol. The van der Waals surface area contributed by atoms with Gasteiger partial charge in [0, 0.05) is 41.8 Å². The van der Waals surface area contributed by atoms with E-state index in [9.17, 15) is 19.8 Å². The molecule has 4 N–H and O–H groups in total. The van der Waals surface area contributed by atoms with Gasteiger partial charge in [0.05, 0.1) is 5.69 Å². The smallest absolute Gasteiger partial charge is 0.345 e. The van der Waals surface area contributed by atoms with Crippen molar-refractivity contribution >= 4 is 16.9 Å². The Labute approximate surface area is 186 Å². The lowest BCUT2D eigenvalue weighted by atomic mass is 9.99. The van der Waals surface area contributed by atoms with Gasteiger partial charge in [0.25, 0.3) is 5.56 Å². The molecule has 0 aliphatic carbocycles. The molecule has 1 aromatic carbocycles. The number of aromatic carboxylic acids is 1. The van der Waals surface area contributed by atoms with Gasteiger partial charge in [-0.05, 0) is 63.2 Å². The zero-order chi connectivity index (χ0) is 23.0. The molecule has 170 valence electrons. The number of nitrogens with one attached hydrogen (secondary N) is 2. The molecule has 32 heavy (non-hydrogen) atoms. The van der Waals surface area contributed by atoms with Gasteiger partial charge in [-0.2, -0.15) is 0 Å². The number of rotatable bonds is 6. The van der Waals surface area contributed by atoms with E-state index in [0.29, 0.717) is 23.7 Å². The summed E-state index contributed by atoms with van der Waals surface area (Å²) in [6.07, 6.45) is 2.68. The van der Waals surface area contributed by atoms with E-state index in [2.05, 4.69) is 39.9 Å². The number of H-pyrrole nitrogens is 1. The summed E-state index contributed by atoms with van der Waals surface area (Å²) in [5.41, 5.74) is 2.47. The largest absolute Gasteiger partial charge is 0.506 e. The minimum atomic E-state index is -1.44. The van der Waals surface area contributed by atoms with Crippen molar-refractivity contribution in [3.63, 3.8) is 0 Å². The average Bonchev–Trinajstić information content (AvgIpc) is 3.08. The molecule has 2 aromatic heterocycles. The molecule has 1 saturated heterocycles. The molecule has 8 nitrogen and oxygen atoms in total. The second-order valence-electron chi connectivity index (χ2n) is 8.55. The van der Waals surface area contributed by atoms with E-state index in [1.165, 1.54) is 5.69 Å². The number of hydrogen-bond donors (Lipinski definition) is 4. The Hall–Kier alpha value is -3.10. The zero-order valence-corrected chi connectivity index (χ0v) is 18.7. The molecule has 3 aromatic rings. The normalized spacial score (nSPS) is 15.0. The van der Waals surface area contributed by atoms with Gasteiger partial charge in [-0.3, -0.25) is 9.69 Å². The fourth-order valence-electron chi connectivity index (χ4n) is 4.76. The number of aromatic amines is 1. The molecule has 1 aliphatic rings. The molecular formula is C24H30N4O4. The lowest BCUT2D eigenvalue weighted by molar-refractivity contribution is 0.0691. The van der Waals surface area contributed by atoms with Crippen LogP contribution in [0.5, 0.6) is 5.75 Å². The van der Waals surface area contributed by atoms with Gasteiger partial charge in [0.1, 0.15) is 5.75 Å². The van der Waals surface area contributed by atoms with Crippen molar-refractivity contribution in [2.45, 2.75) is 38.8 Å². The molecule has 0 bridgehead atoms. The van der Waals surface area contributed by atoms with E-state index in [-0.39, 0.29) is 0 Å². The van der Waals surface area contributed by atoms with Crippen molar-refractivity contribution in [1.82, 2.24) is 19.8 Å². The summed E-state index contributed by atoms with van der Waals surface area (Å²) < 4.78 is 2.19. The predicted octanol–water partition coefficient (Wildman–Crippen LogP) is 2.68. The van der Waals surface area contributed by atoms with Crippen LogP contribution in [0.25, 0.3) is 22.2 Å². The molecule has 3 heterocycles. The number of aromatic nitrogens is 2. The van der Waals surface area contributed by atoms with Crippen molar-refractivity contribution in [3.05, 3.63) is 51.4 Å². The molecule has 1 fully saturated rings. The first-order valence-electron chi connectivity index (χ1n) is 11.0. The molecule has 0 amide bonds. The first-order valence-corrected chi connectivity index (χ1v) is 11.0. The maximum Gasteiger partial charge on any atom is 0.345 e. The first-order chi connectivity index (χ1) is 15.3. The molecule has 0 atom stereocenters. The lowest BCUT2D eigenvalue weighted by Crippen LogP contribution is -2.40. The van der Waals surface area contributed by atoms with Crippen molar-refractivity contribution in [3.8, 4) is 17.0 Å². The summed E-state index contributed by atoms with van der Waals surface area (Å²) in [5, 5.41) is 24.2. The topological polar surface area (TPSA) is 111 Å². The Morgan fingerprint density at radius 2 is 1.97 bits per heavy atom. The van der Waals surface area contributed by atoms with Crippen LogP contribution in [-0.2, 0) is 20.0 Å². The number of pyridine rings is 1. The number of carboxylic acids is 1. The third kappa shape index (κ3) is 3.91. The molecule has 1 aliphatic heterocycles. The van der Waals surface area contributed by atoms with E-state index >= 15 is 0 Å². The highest BCUT2D eigenvalue weighted by Gasteiger charge is 2.23. The van der Waals surface area contributed by atoms with E-state index < -0.39 is 22.8 Å². The Balaban J connectivity index is 1.72. The molecule has 0 unspecified atom stereocenters. The Bertz CT molecular complexity index is 1220. The number of fused-ring (bicyclic) bond motifs is 1. The van der Waals surface area contributed by atoms with Crippen LogP contribution >= 0.6 is 0 Å². The quantitative estimate of drug-likeness (QED) is 0.471. The second-order valence-corrected chi connectivity index (χ2v) is 8.55. The van der Waals surface area contributed by atoms with E-state index in [1.54, 1.807) is 0 Å². The Kier molecular flexibility index (Phi) is 6.08. The fraction of sp³-hybridized carbons (Fsp3) is 0.417. The minimum Gasteiger partial charge on any atom is -0.506 e. The highest BCUT2D eigenvalue weighted by Crippen LogP contribution is 2.32. The molecule has 0 saturated carbocycles. The van der Waals surface area contributed by atoms with Gasteiger partial charge in [0.2, 0.25) is 0 Å². The molecule has 0 spiro atoms. The summed E-state index contributed by atoms with van der Waals surface area (Å²) in [6, 6.07) is 8.60. The summed E-state index contributed by atoms with van der Waals surface area (Å²) in [7, 11) is 4.23. The van der Waals surface area contributed by atoms with Crippen LogP contribution in [-0.4, -0.2) is 56.8 Å². The SMILES string of the molecule is CCc1c(-c2ccc3c(c2)cc(CN(C)C2CCNCC2)n3C)[nH]c(=O)c(C(=O)O)c1O. The number of piperidine rings is 1. The molecule has 0 radical (unpaired) electrons. The Morgan fingerprint density at radius 1 is 1.25 bits per heavy atom. The summed E-state index contributed by atoms with van der Waals surface area (Å²) in [4.78, 5) is 28.8. The number of benzene rings is 1.